The van der Waals surface area contributed by atoms with Gasteiger partial charge in [0.1, 0.15) is 6.61 Å². The number of allylic oxidation sites excluding steroid dienone is 1. The minimum atomic E-state index is -0.501. The van der Waals surface area contributed by atoms with Crippen LogP contribution < -0.4 is 0 Å². The molecule has 0 unspecified atom stereocenters. The zero-order valence-corrected chi connectivity index (χ0v) is 8.92. The average molecular weight is 196 g/mol. The molecule has 0 aliphatic rings. The molecule has 0 aliphatic carbocycles. The third-order valence-corrected chi connectivity index (χ3v) is 1.46. The number of carbonyl (C=O) groups is 1. The maximum absolute atomic E-state index is 10.7. The monoisotopic (exact) mass is 196 g/mol. The van der Waals surface area contributed by atoms with Gasteiger partial charge in [0.2, 0.25) is 0 Å². The van der Waals surface area contributed by atoms with E-state index in [9.17, 15) is 4.79 Å². The van der Waals surface area contributed by atoms with Crippen LogP contribution in [0.5, 0.6) is 0 Å². The lowest BCUT2D eigenvalue weighted by molar-refractivity contribution is -0.136. The normalized spacial score (nSPS) is 10.4. The fraction of sp³-hybridized carbons (Fsp3) is 0.545. The molecule has 0 radical (unpaired) electrons. The zero-order valence-electron chi connectivity index (χ0n) is 8.92. The molecule has 0 spiro atoms. The second-order valence-electron chi connectivity index (χ2n) is 2.65. The van der Waals surface area contributed by atoms with Gasteiger partial charge in [0.25, 0.3) is 0 Å². The van der Waals surface area contributed by atoms with Gasteiger partial charge in [-0.25, -0.2) is 4.79 Å². The Balaban J connectivity index is 3.57. The van der Waals surface area contributed by atoms with E-state index in [0.717, 1.165) is 5.57 Å². The Morgan fingerprint density at radius 3 is 2.79 bits per heavy atom. The van der Waals surface area contributed by atoms with Crippen LogP contribution in [0.15, 0.2) is 11.6 Å². The van der Waals surface area contributed by atoms with Crippen molar-refractivity contribution in [2.24, 2.45) is 0 Å². The van der Waals surface area contributed by atoms with Gasteiger partial charge in [-0.05, 0) is 20.8 Å². The smallest absolute Gasteiger partial charge is 0.384 e. The van der Waals surface area contributed by atoms with Gasteiger partial charge in [-0.15, -0.1) is 0 Å². The molecule has 3 nitrogen and oxygen atoms in total. The summed E-state index contributed by atoms with van der Waals surface area (Å²) < 4.78 is 9.78. The van der Waals surface area contributed by atoms with Crippen molar-refractivity contribution >= 4 is 5.97 Å². The number of carbonyl (C=O) groups excluding carboxylic acids is 1. The first-order valence-corrected chi connectivity index (χ1v) is 4.55. The molecule has 0 rings (SSSR count). The summed E-state index contributed by atoms with van der Waals surface area (Å²) in [6.45, 7) is 6.82. The summed E-state index contributed by atoms with van der Waals surface area (Å²) in [6, 6.07) is 0. The van der Waals surface area contributed by atoms with Crippen LogP contribution in [0.25, 0.3) is 0 Å². The number of esters is 1. The van der Waals surface area contributed by atoms with Crippen molar-refractivity contribution in [3.8, 4) is 11.8 Å². The maximum Gasteiger partial charge on any atom is 0.384 e. The molecule has 0 aromatic heterocycles. The molecule has 3 heteroatoms. The van der Waals surface area contributed by atoms with Crippen LogP contribution in [-0.4, -0.2) is 25.8 Å². The summed E-state index contributed by atoms with van der Waals surface area (Å²) >= 11 is 0. The number of hydrogen-bond acceptors (Lipinski definition) is 3. The van der Waals surface area contributed by atoms with Crippen molar-refractivity contribution in [3.05, 3.63) is 11.6 Å². The van der Waals surface area contributed by atoms with Gasteiger partial charge in [-0.1, -0.05) is 17.6 Å². The van der Waals surface area contributed by atoms with Crippen LogP contribution in [-0.2, 0) is 14.3 Å². The largest absolute Gasteiger partial charge is 0.456 e. The molecule has 14 heavy (non-hydrogen) atoms. The van der Waals surface area contributed by atoms with Crippen molar-refractivity contribution in [1.29, 1.82) is 0 Å². The number of rotatable bonds is 4. The van der Waals surface area contributed by atoms with E-state index in [2.05, 4.69) is 16.6 Å². The minimum absolute atomic E-state index is 0.254. The van der Waals surface area contributed by atoms with Crippen LogP contribution in [0.3, 0.4) is 0 Å². The first kappa shape index (κ1) is 12.7. The Hall–Kier alpha value is -1.27. The highest BCUT2D eigenvalue weighted by molar-refractivity contribution is 5.88. The fourth-order valence-electron chi connectivity index (χ4n) is 0.622. The van der Waals surface area contributed by atoms with Crippen molar-refractivity contribution in [2.45, 2.75) is 20.8 Å². The molecule has 0 bridgehead atoms. The van der Waals surface area contributed by atoms with Crippen LogP contribution in [0.4, 0.5) is 0 Å². The van der Waals surface area contributed by atoms with Gasteiger partial charge in [0.15, 0.2) is 0 Å². The molecule has 0 atom stereocenters. The Morgan fingerprint density at radius 2 is 2.21 bits per heavy atom. The Labute approximate surface area is 85.1 Å². The van der Waals surface area contributed by atoms with Gasteiger partial charge < -0.3 is 9.47 Å². The molecule has 0 amide bonds. The van der Waals surface area contributed by atoms with E-state index in [4.69, 9.17) is 4.74 Å². The predicted molar refractivity (Wildman–Crippen MR) is 54.7 cm³/mol. The molecule has 0 heterocycles. The van der Waals surface area contributed by atoms with Crippen LogP contribution in [0.2, 0.25) is 0 Å². The van der Waals surface area contributed by atoms with E-state index in [-0.39, 0.29) is 6.61 Å². The molecule has 0 aliphatic heterocycles. The Kier molecular flexibility index (Phi) is 7.58. The van der Waals surface area contributed by atoms with Gasteiger partial charge in [0, 0.05) is 5.92 Å². The first-order valence-electron chi connectivity index (χ1n) is 4.55. The molecule has 0 N–H and O–H groups in total. The summed E-state index contributed by atoms with van der Waals surface area (Å²) in [5, 5.41) is 0. The van der Waals surface area contributed by atoms with Gasteiger partial charge >= 0.3 is 5.97 Å². The lowest BCUT2D eigenvalue weighted by Gasteiger charge is -1.98. The Morgan fingerprint density at radius 1 is 1.50 bits per heavy atom. The third-order valence-electron chi connectivity index (χ3n) is 1.46. The van der Waals surface area contributed by atoms with Crippen molar-refractivity contribution in [2.75, 3.05) is 19.8 Å². The zero-order chi connectivity index (χ0) is 10.8. The summed E-state index contributed by atoms with van der Waals surface area (Å²) in [6.07, 6.45) is 1.97. The summed E-state index contributed by atoms with van der Waals surface area (Å²) in [7, 11) is 0. The third kappa shape index (κ3) is 7.38. The van der Waals surface area contributed by atoms with Crippen LogP contribution in [0, 0.1) is 11.8 Å². The highest BCUT2D eigenvalue weighted by Gasteiger charge is 1.91. The molecule has 0 saturated carbocycles. The SMILES string of the molecule is C/C=C(\C)COCC#CC(=O)OCC. The topological polar surface area (TPSA) is 35.5 Å². The summed E-state index contributed by atoms with van der Waals surface area (Å²) in [5.74, 6) is 4.39. The average Bonchev–Trinajstić information content (AvgIpc) is 2.17. The molecular formula is C11H16O3. The van der Waals surface area contributed by atoms with Crippen LogP contribution >= 0.6 is 0 Å². The van der Waals surface area contributed by atoms with Gasteiger partial charge in [-0.2, -0.15) is 0 Å². The Bertz CT molecular complexity index is 255. The van der Waals surface area contributed by atoms with Crippen molar-refractivity contribution in [3.63, 3.8) is 0 Å². The minimum Gasteiger partial charge on any atom is -0.456 e. The molecular weight excluding hydrogens is 180 g/mol. The van der Waals surface area contributed by atoms with Crippen molar-refractivity contribution < 1.29 is 14.3 Å². The second-order valence-corrected chi connectivity index (χ2v) is 2.65. The number of ether oxygens (including phenoxy) is 2. The van der Waals surface area contributed by atoms with E-state index in [1.165, 1.54) is 0 Å². The quantitative estimate of drug-likeness (QED) is 0.225. The molecule has 0 saturated heterocycles. The van der Waals surface area contributed by atoms with Crippen LogP contribution in [0.1, 0.15) is 20.8 Å². The van der Waals surface area contributed by atoms with Gasteiger partial charge in [0.05, 0.1) is 13.2 Å². The second kappa shape index (κ2) is 8.33. The van der Waals surface area contributed by atoms with E-state index < -0.39 is 5.97 Å². The number of hydrogen-bond donors (Lipinski definition) is 0. The first-order chi connectivity index (χ1) is 6.70. The molecule has 78 valence electrons. The van der Waals surface area contributed by atoms with E-state index in [1.807, 2.05) is 19.9 Å². The van der Waals surface area contributed by atoms with Crippen molar-refractivity contribution in [1.82, 2.24) is 0 Å². The molecule has 0 aromatic carbocycles. The maximum atomic E-state index is 10.7. The highest BCUT2D eigenvalue weighted by Crippen LogP contribution is 1.91. The predicted octanol–water partition coefficient (Wildman–Crippen LogP) is 1.54. The molecule has 0 aromatic rings. The van der Waals surface area contributed by atoms with E-state index >= 15 is 0 Å². The van der Waals surface area contributed by atoms with Gasteiger partial charge in [-0.3, -0.25) is 0 Å². The van der Waals surface area contributed by atoms with E-state index in [1.54, 1.807) is 6.92 Å². The fourth-order valence-corrected chi connectivity index (χ4v) is 0.622. The summed E-state index contributed by atoms with van der Waals surface area (Å²) in [5.41, 5.74) is 1.14. The lowest BCUT2D eigenvalue weighted by atomic mass is 10.3. The molecule has 0 fully saturated rings. The highest BCUT2D eigenvalue weighted by atomic mass is 16.5. The van der Waals surface area contributed by atoms with E-state index in [0.29, 0.717) is 13.2 Å². The standard InChI is InChI=1S/C11H16O3/c1-4-10(3)9-13-8-6-7-11(12)14-5-2/h4H,5,8-9H2,1-3H3/b10-4+. The summed E-state index contributed by atoms with van der Waals surface area (Å²) in [4.78, 5) is 10.7. The lowest BCUT2D eigenvalue weighted by Crippen LogP contribution is -2.01.